The van der Waals surface area contributed by atoms with E-state index < -0.39 is 0 Å². The zero-order valence-electron chi connectivity index (χ0n) is 18.9. The highest BCUT2D eigenvalue weighted by Crippen LogP contribution is 2.40. The van der Waals surface area contributed by atoms with Crippen molar-refractivity contribution >= 4 is 0 Å². The fourth-order valence-electron chi connectivity index (χ4n) is 4.01. The van der Waals surface area contributed by atoms with E-state index in [-0.39, 0.29) is 10.8 Å². The monoisotopic (exact) mass is 364 g/mol. The highest BCUT2D eigenvalue weighted by Gasteiger charge is 2.31. The molecule has 0 aromatic heterocycles. The summed E-state index contributed by atoms with van der Waals surface area (Å²) in [6, 6.07) is 18.8. The Hall–Kier alpha value is -1.56. The molecule has 27 heavy (non-hydrogen) atoms. The second-order valence-electron chi connectivity index (χ2n) is 9.81. The van der Waals surface area contributed by atoms with Crippen LogP contribution in [0, 0.1) is 5.92 Å². The standard InChI is InChI=1S/C27H40/c1-9-20(3)19-27(8,24-16-14-23(15-17-24)26(5,6)7)25-13-11-12-22(18-25)21(4)10-2/h11-18,20-21H,9-10,19H2,1-8H3. The predicted molar refractivity (Wildman–Crippen MR) is 121 cm³/mol. The van der Waals surface area contributed by atoms with Gasteiger partial charge in [-0.15, -0.1) is 0 Å². The zero-order chi connectivity index (χ0) is 20.2. The summed E-state index contributed by atoms with van der Waals surface area (Å²) in [7, 11) is 0. The molecular formula is C27H40. The molecule has 0 radical (unpaired) electrons. The van der Waals surface area contributed by atoms with Gasteiger partial charge in [0.05, 0.1) is 0 Å². The Morgan fingerprint density at radius 3 is 1.85 bits per heavy atom. The van der Waals surface area contributed by atoms with E-state index in [9.17, 15) is 0 Å². The van der Waals surface area contributed by atoms with Gasteiger partial charge in [0.25, 0.3) is 0 Å². The minimum Gasteiger partial charge on any atom is -0.0651 e. The third-order valence-corrected chi connectivity index (χ3v) is 6.55. The molecule has 0 heterocycles. The van der Waals surface area contributed by atoms with E-state index in [0.29, 0.717) is 11.8 Å². The summed E-state index contributed by atoms with van der Waals surface area (Å²) in [5.41, 5.74) is 6.03. The Balaban J connectivity index is 2.53. The second-order valence-corrected chi connectivity index (χ2v) is 9.81. The Kier molecular flexibility index (Phi) is 6.95. The van der Waals surface area contributed by atoms with Crippen molar-refractivity contribution in [1.82, 2.24) is 0 Å². The fourth-order valence-corrected chi connectivity index (χ4v) is 4.01. The van der Waals surface area contributed by atoms with E-state index in [2.05, 4.69) is 104 Å². The minimum absolute atomic E-state index is 0.0509. The van der Waals surface area contributed by atoms with E-state index >= 15 is 0 Å². The molecule has 0 amide bonds. The third-order valence-electron chi connectivity index (χ3n) is 6.55. The average Bonchev–Trinajstić information content (AvgIpc) is 2.66. The summed E-state index contributed by atoms with van der Waals surface area (Å²) < 4.78 is 0. The van der Waals surface area contributed by atoms with Crippen LogP contribution < -0.4 is 0 Å². The molecule has 0 aliphatic carbocycles. The summed E-state index contributed by atoms with van der Waals surface area (Å²) in [6.45, 7) is 18.6. The number of hydrogen-bond donors (Lipinski definition) is 0. The molecule has 0 fully saturated rings. The molecule has 3 atom stereocenters. The maximum Gasteiger partial charge on any atom is 0.0177 e. The molecule has 0 heteroatoms. The summed E-state index contributed by atoms with van der Waals surface area (Å²) >= 11 is 0. The summed E-state index contributed by atoms with van der Waals surface area (Å²) in [4.78, 5) is 0. The van der Waals surface area contributed by atoms with Gasteiger partial charge in [-0.3, -0.25) is 0 Å². The van der Waals surface area contributed by atoms with Gasteiger partial charge in [0, 0.05) is 5.41 Å². The Bertz CT molecular complexity index is 716. The van der Waals surface area contributed by atoms with Crippen LogP contribution in [-0.2, 0) is 10.8 Å². The van der Waals surface area contributed by atoms with Gasteiger partial charge in [0.1, 0.15) is 0 Å². The lowest BCUT2D eigenvalue weighted by Gasteiger charge is -2.35. The molecular weight excluding hydrogens is 324 g/mol. The largest absolute Gasteiger partial charge is 0.0651 e. The van der Waals surface area contributed by atoms with Gasteiger partial charge in [0.15, 0.2) is 0 Å². The van der Waals surface area contributed by atoms with Crippen molar-refractivity contribution in [2.24, 2.45) is 5.92 Å². The Labute approximate surface area is 168 Å². The normalized spacial score (nSPS) is 16.6. The van der Waals surface area contributed by atoms with Gasteiger partial charge in [-0.1, -0.05) is 110 Å². The first-order valence-corrected chi connectivity index (χ1v) is 10.8. The van der Waals surface area contributed by atoms with Crippen LogP contribution in [0.2, 0.25) is 0 Å². The average molecular weight is 365 g/mol. The van der Waals surface area contributed by atoms with Gasteiger partial charge in [-0.05, 0) is 52.3 Å². The third kappa shape index (κ3) is 5.03. The lowest BCUT2D eigenvalue weighted by molar-refractivity contribution is 0.395. The summed E-state index contributed by atoms with van der Waals surface area (Å²) in [5.74, 6) is 1.31. The predicted octanol–water partition coefficient (Wildman–Crippen LogP) is 8.24. The van der Waals surface area contributed by atoms with Crippen LogP contribution in [0.25, 0.3) is 0 Å². The van der Waals surface area contributed by atoms with Crippen molar-refractivity contribution in [2.45, 2.75) is 91.4 Å². The molecule has 0 saturated carbocycles. The minimum atomic E-state index is 0.0509. The maximum absolute atomic E-state index is 2.47. The molecule has 0 saturated heterocycles. The van der Waals surface area contributed by atoms with Crippen LogP contribution in [0.4, 0.5) is 0 Å². The van der Waals surface area contributed by atoms with E-state index in [4.69, 9.17) is 0 Å². The van der Waals surface area contributed by atoms with Gasteiger partial charge >= 0.3 is 0 Å². The molecule has 2 aromatic rings. The van der Waals surface area contributed by atoms with Crippen molar-refractivity contribution in [3.63, 3.8) is 0 Å². The highest BCUT2D eigenvalue weighted by molar-refractivity contribution is 5.42. The second kappa shape index (κ2) is 8.63. The number of rotatable bonds is 7. The molecule has 0 spiro atoms. The molecule has 148 valence electrons. The van der Waals surface area contributed by atoms with E-state index in [1.165, 1.54) is 41.5 Å². The molecule has 0 nitrogen and oxygen atoms in total. The van der Waals surface area contributed by atoms with Crippen molar-refractivity contribution in [3.8, 4) is 0 Å². The topological polar surface area (TPSA) is 0 Å². The van der Waals surface area contributed by atoms with Gasteiger partial charge in [-0.25, -0.2) is 0 Å². The zero-order valence-corrected chi connectivity index (χ0v) is 18.9. The van der Waals surface area contributed by atoms with Gasteiger partial charge in [-0.2, -0.15) is 0 Å². The SMILES string of the molecule is CCC(C)CC(C)(c1ccc(C(C)(C)C)cc1)c1cccc(C(C)CC)c1. The van der Waals surface area contributed by atoms with Gasteiger partial charge < -0.3 is 0 Å². The van der Waals surface area contributed by atoms with E-state index in [0.717, 1.165) is 0 Å². The van der Waals surface area contributed by atoms with Gasteiger partial charge in [0.2, 0.25) is 0 Å². The lowest BCUT2D eigenvalue weighted by Crippen LogP contribution is -2.27. The van der Waals surface area contributed by atoms with Crippen LogP contribution in [0.15, 0.2) is 48.5 Å². The molecule has 2 rings (SSSR count). The number of benzene rings is 2. The van der Waals surface area contributed by atoms with Crippen molar-refractivity contribution in [1.29, 1.82) is 0 Å². The van der Waals surface area contributed by atoms with Crippen LogP contribution in [0.1, 0.15) is 103 Å². The first-order chi connectivity index (χ1) is 12.6. The molecule has 0 aliphatic heterocycles. The first-order valence-electron chi connectivity index (χ1n) is 10.8. The smallest absolute Gasteiger partial charge is 0.0177 e. The van der Waals surface area contributed by atoms with Crippen LogP contribution in [0.3, 0.4) is 0 Å². The molecule has 2 aromatic carbocycles. The van der Waals surface area contributed by atoms with E-state index in [1.54, 1.807) is 0 Å². The summed E-state index contributed by atoms with van der Waals surface area (Å²) in [6.07, 6.45) is 3.59. The first kappa shape index (κ1) is 21.7. The van der Waals surface area contributed by atoms with E-state index in [1.807, 2.05) is 0 Å². The Morgan fingerprint density at radius 2 is 1.33 bits per heavy atom. The molecule has 0 N–H and O–H groups in total. The summed E-state index contributed by atoms with van der Waals surface area (Å²) in [5, 5.41) is 0. The highest BCUT2D eigenvalue weighted by atomic mass is 14.3. The van der Waals surface area contributed by atoms with Crippen molar-refractivity contribution in [2.75, 3.05) is 0 Å². The molecule has 3 unspecified atom stereocenters. The lowest BCUT2D eigenvalue weighted by atomic mass is 9.69. The van der Waals surface area contributed by atoms with Crippen molar-refractivity contribution < 1.29 is 0 Å². The van der Waals surface area contributed by atoms with Crippen LogP contribution in [0.5, 0.6) is 0 Å². The van der Waals surface area contributed by atoms with Crippen molar-refractivity contribution in [3.05, 3.63) is 70.8 Å². The van der Waals surface area contributed by atoms with Crippen LogP contribution >= 0.6 is 0 Å². The molecule has 0 bridgehead atoms. The van der Waals surface area contributed by atoms with Crippen LogP contribution in [-0.4, -0.2) is 0 Å². The maximum atomic E-state index is 2.47. The Morgan fingerprint density at radius 1 is 0.741 bits per heavy atom. The quantitative estimate of drug-likeness (QED) is 0.464. The molecule has 0 aliphatic rings. The fraction of sp³-hybridized carbons (Fsp3) is 0.556. The number of hydrogen-bond acceptors (Lipinski definition) is 0.